The van der Waals surface area contributed by atoms with Crippen molar-refractivity contribution in [1.29, 1.82) is 0 Å². The fourth-order valence-corrected chi connectivity index (χ4v) is 3.48. The van der Waals surface area contributed by atoms with Crippen molar-refractivity contribution in [1.82, 2.24) is 0 Å². The molecule has 0 radical (unpaired) electrons. The molecule has 140 valence electrons. The minimum Gasteiger partial charge on any atom is -0.469 e. The van der Waals surface area contributed by atoms with Gasteiger partial charge in [-0.1, -0.05) is 44.8 Å². The van der Waals surface area contributed by atoms with Crippen LogP contribution in [0.1, 0.15) is 64.7 Å². The summed E-state index contributed by atoms with van der Waals surface area (Å²) in [5.74, 6) is -0.357. The Hall–Kier alpha value is -0.910. The topological polar surface area (TPSA) is 87.0 Å². The van der Waals surface area contributed by atoms with E-state index in [1.165, 1.54) is 7.11 Å². The standard InChI is InChI=1S/C19H34O5/c1-3-4-5-8-14(20)11-12-16-15(17(21)13-18(16)22)9-6-7-10-19(23)24-2/h11-12,14-18,20-22H,3-10,13H2,1-2H3/b12-11+/t14-,15+,16-,17+,18-/m0/s1. The predicted molar refractivity (Wildman–Crippen MR) is 93.4 cm³/mol. The van der Waals surface area contributed by atoms with Crippen LogP contribution in [0, 0.1) is 11.8 Å². The smallest absolute Gasteiger partial charge is 0.305 e. The molecule has 0 bridgehead atoms. The van der Waals surface area contributed by atoms with E-state index in [2.05, 4.69) is 11.7 Å². The average Bonchev–Trinajstić information content (AvgIpc) is 2.82. The van der Waals surface area contributed by atoms with Gasteiger partial charge in [-0.2, -0.15) is 0 Å². The van der Waals surface area contributed by atoms with Gasteiger partial charge >= 0.3 is 5.97 Å². The van der Waals surface area contributed by atoms with E-state index in [1.54, 1.807) is 6.08 Å². The number of aliphatic hydroxyl groups is 3. The van der Waals surface area contributed by atoms with Crippen LogP contribution in [0.4, 0.5) is 0 Å². The first-order valence-corrected chi connectivity index (χ1v) is 9.28. The molecule has 1 fully saturated rings. The number of methoxy groups -OCH3 is 1. The highest BCUT2D eigenvalue weighted by Gasteiger charge is 2.39. The Bertz CT molecular complexity index is 382. The summed E-state index contributed by atoms with van der Waals surface area (Å²) in [5.41, 5.74) is 0. The molecule has 24 heavy (non-hydrogen) atoms. The van der Waals surface area contributed by atoms with Crippen LogP contribution in [0.25, 0.3) is 0 Å². The molecule has 0 saturated heterocycles. The first-order valence-electron chi connectivity index (χ1n) is 9.28. The zero-order valence-electron chi connectivity index (χ0n) is 15.1. The molecule has 0 aromatic heterocycles. The number of hydrogen-bond donors (Lipinski definition) is 3. The van der Waals surface area contributed by atoms with E-state index in [4.69, 9.17) is 0 Å². The van der Waals surface area contributed by atoms with E-state index in [0.29, 0.717) is 12.8 Å². The first kappa shape index (κ1) is 21.1. The van der Waals surface area contributed by atoms with Crippen LogP contribution in [-0.2, 0) is 9.53 Å². The van der Waals surface area contributed by atoms with Crippen LogP contribution in [-0.4, -0.2) is 46.7 Å². The maximum atomic E-state index is 11.1. The van der Waals surface area contributed by atoms with Crippen molar-refractivity contribution in [3.63, 3.8) is 0 Å². The van der Waals surface area contributed by atoms with Crippen LogP contribution >= 0.6 is 0 Å². The second kappa shape index (κ2) is 11.6. The lowest BCUT2D eigenvalue weighted by molar-refractivity contribution is -0.140. The van der Waals surface area contributed by atoms with Gasteiger partial charge in [0.25, 0.3) is 0 Å². The van der Waals surface area contributed by atoms with Gasteiger partial charge in [0.2, 0.25) is 0 Å². The third-order valence-electron chi connectivity index (χ3n) is 4.97. The van der Waals surface area contributed by atoms with Crippen molar-refractivity contribution in [3.8, 4) is 0 Å². The molecule has 0 spiro atoms. The Morgan fingerprint density at radius 2 is 1.96 bits per heavy atom. The van der Waals surface area contributed by atoms with Gasteiger partial charge in [0, 0.05) is 18.8 Å². The largest absolute Gasteiger partial charge is 0.469 e. The predicted octanol–water partition coefficient (Wildman–Crippen LogP) is 2.58. The molecule has 0 unspecified atom stereocenters. The maximum absolute atomic E-state index is 11.1. The Morgan fingerprint density at radius 1 is 1.21 bits per heavy atom. The molecule has 0 aromatic carbocycles. The van der Waals surface area contributed by atoms with Crippen LogP contribution in [0.2, 0.25) is 0 Å². The molecule has 1 saturated carbocycles. The van der Waals surface area contributed by atoms with Crippen molar-refractivity contribution < 1.29 is 24.9 Å². The van der Waals surface area contributed by atoms with E-state index in [0.717, 1.165) is 44.9 Å². The molecule has 0 aliphatic heterocycles. The van der Waals surface area contributed by atoms with Gasteiger partial charge in [0.05, 0.1) is 25.4 Å². The fraction of sp³-hybridized carbons (Fsp3) is 0.842. The summed E-state index contributed by atoms with van der Waals surface area (Å²) in [6.07, 6.45) is 9.10. The first-order chi connectivity index (χ1) is 11.5. The van der Waals surface area contributed by atoms with E-state index >= 15 is 0 Å². The molecule has 5 atom stereocenters. The van der Waals surface area contributed by atoms with Crippen LogP contribution in [0.15, 0.2) is 12.2 Å². The quantitative estimate of drug-likeness (QED) is 0.305. The average molecular weight is 342 g/mol. The number of esters is 1. The van der Waals surface area contributed by atoms with E-state index in [1.807, 2.05) is 6.08 Å². The highest BCUT2D eigenvalue weighted by atomic mass is 16.5. The van der Waals surface area contributed by atoms with Crippen LogP contribution in [0.5, 0.6) is 0 Å². The maximum Gasteiger partial charge on any atom is 0.305 e. The number of hydrogen-bond acceptors (Lipinski definition) is 5. The van der Waals surface area contributed by atoms with Gasteiger partial charge in [-0.05, 0) is 25.2 Å². The summed E-state index contributed by atoms with van der Waals surface area (Å²) >= 11 is 0. The SMILES string of the molecule is CCCCC[C@H](O)/C=C/[C@H]1[C@@H](CCCCC(=O)OC)[C@H](O)C[C@@H]1O. The fourth-order valence-electron chi connectivity index (χ4n) is 3.48. The number of unbranched alkanes of at least 4 members (excludes halogenated alkanes) is 3. The zero-order valence-corrected chi connectivity index (χ0v) is 15.1. The number of carbonyl (C=O) groups is 1. The summed E-state index contributed by atoms with van der Waals surface area (Å²) < 4.78 is 4.62. The van der Waals surface area contributed by atoms with Gasteiger partial charge in [0.15, 0.2) is 0 Å². The van der Waals surface area contributed by atoms with Gasteiger partial charge in [-0.25, -0.2) is 0 Å². The summed E-state index contributed by atoms with van der Waals surface area (Å²) in [6, 6.07) is 0. The molecule has 0 heterocycles. The molecule has 1 aliphatic rings. The van der Waals surface area contributed by atoms with Crippen molar-refractivity contribution in [3.05, 3.63) is 12.2 Å². The molecule has 5 heteroatoms. The second-order valence-electron chi connectivity index (χ2n) is 6.88. The monoisotopic (exact) mass is 342 g/mol. The lowest BCUT2D eigenvalue weighted by atomic mass is 9.88. The normalized spacial score (nSPS) is 28.4. The number of rotatable bonds is 11. The summed E-state index contributed by atoms with van der Waals surface area (Å²) in [5, 5.41) is 30.3. The Kier molecular flexibility index (Phi) is 10.2. The van der Waals surface area contributed by atoms with Crippen LogP contribution < -0.4 is 0 Å². The third kappa shape index (κ3) is 7.32. The summed E-state index contributed by atoms with van der Waals surface area (Å²) in [7, 11) is 1.38. The van der Waals surface area contributed by atoms with Gasteiger partial charge in [-0.3, -0.25) is 4.79 Å². The van der Waals surface area contributed by atoms with Crippen molar-refractivity contribution >= 4 is 5.97 Å². The van der Waals surface area contributed by atoms with Gasteiger partial charge in [-0.15, -0.1) is 0 Å². The molecular formula is C19H34O5. The highest BCUT2D eigenvalue weighted by Crippen LogP contribution is 2.37. The van der Waals surface area contributed by atoms with Gasteiger partial charge in [0.1, 0.15) is 0 Å². The molecule has 1 rings (SSSR count). The van der Waals surface area contributed by atoms with E-state index in [-0.39, 0.29) is 17.8 Å². The lowest BCUT2D eigenvalue weighted by Gasteiger charge is -2.21. The lowest BCUT2D eigenvalue weighted by Crippen LogP contribution is -2.21. The van der Waals surface area contributed by atoms with E-state index < -0.39 is 18.3 Å². The molecule has 0 amide bonds. The summed E-state index contributed by atoms with van der Waals surface area (Å²) in [4.78, 5) is 11.1. The highest BCUT2D eigenvalue weighted by molar-refractivity contribution is 5.68. The second-order valence-corrected chi connectivity index (χ2v) is 6.88. The minimum absolute atomic E-state index is 0.0169. The summed E-state index contributed by atoms with van der Waals surface area (Å²) in [6.45, 7) is 2.13. The van der Waals surface area contributed by atoms with Crippen LogP contribution in [0.3, 0.4) is 0 Å². The zero-order chi connectivity index (χ0) is 17.9. The Labute approximate surface area is 145 Å². The van der Waals surface area contributed by atoms with Crippen molar-refractivity contribution in [2.75, 3.05) is 7.11 Å². The molecule has 3 N–H and O–H groups in total. The number of carbonyl (C=O) groups excluding carboxylic acids is 1. The van der Waals surface area contributed by atoms with Gasteiger partial charge < -0.3 is 20.1 Å². The Morgan fingerprint density at radius 3 is 2.62 bits per heavy atom. The molecule has 5 nitrogen and oxygen atoms in total. The molecule has 1 aliphatic carbocycles. The number of aliphatic hydroxyl groups excluding tert-OH is 3. The van der Waals surface area contributed by atoms with Crippen molar-refractivity contribution in [2.24, 2.45) is 11.8 Å². The Balaban J connectivity index is 2.45. The third-order valence-corrected chi connectivity index (χ3v) is 4.97. The molecular weight excluding hydrogens is 308 g/mol. The minimum atomic E-state index is -0.565. The van der Waals surface area contributed by atoms with E-state index in [9.17, 15) is 20.1 Å². The molecule has 0 aromatic rings. The van der Waals surface area contributed by atoms with Crippen molar-refractivity contribution in [2.45, 2.75) is 83.0 Å². The number of ether oxygens (including phenoxy) is 1.